The van der Waals surface area contributed by atoms with Crippen LogP contribution < -0.4 is 20.9 Å². The van der Waals surface area contributed by atoms with Gasteiger partial charge < -0.3 is 14.6 Å². The van der Waals surface area contributed by atoms with Crippen molar-refractivity contribution < 1.29 is 9.53 Å². The van der Waals surface area contributed by atoms with Gasteiger partial charge in [-0.05, 0) is 29.3 Å². The van der Waals surface area contributed by atoms with Gasteiger partial charge in [-0.15, -0.1) is 0 Å². The standard InChI is InChI=1S/C22H20N4O3S/c1-29-18-6-4-5-17-20(18)30-22(24-17)25-21(28)23-13-15-8-10-16(11-9-15)14-26-12-3-2-7-19(26)27/h2-12H,13-14H2,1H3,(H2,23,24,25,28). The Morgan fingerprint density at radius 1 is 1.07 bits per heavy atom. The molecule has 0 saturated carbocycles. The van der Waals surface area contributed by atoms with Crippen molar-refractivity contribution >= 4 is 32.7 Å². The van der Waals surface area contributed by atoms with E-state index in [2.05, 4.69) is 15.6 Å². The first-order valence-corrected chi connectivity index (χ1v) is 10.2. The Labute approximate surface area is 177 Å². The molecular weight excluding hydrogens is 400 g/mol. The Morgan fingerprint density at radius 3 is 2.63 bits per heavy atom. The molecule has 0 spiro atoms. The van der Waals surface area contributed by atoms with Crippen LogP contribution in [0.1, 0.15) is 11.1 Å². The number of pyridine rings is 1. The maximum Gasteiger partial charge on any atom is 0.321 e. The van der Waals surface area contributed by atoms with E-state index in [4.69, 9.17) is 4.74 Å². The van der Waals surface area contributed by atoms with Crippen LogP contribution in [0.5, 0.6) is 5.75 Å². The third-order valence-corrected chi connectivity index (χ3v) is 5.55. The third kappa shape index (κ3) is 4.49. The molecule has 0 saturated heterocycles. The molecule has 2 heterocycles. The second kappa shape index (κ2) is 8.79. The lowest BCUT2D eigenvalue weighted by Gasteiger charge is -2.08. The fraction of sp³-hybridized carbons (Fsp3) is 0.136. The topological polar surface area (TPSA) is 85.2 Å². The number of fused-ring (bicyclic) bond motifs is 1. The van der Waals surface area contributed by atoms with E-state index in [1.807, 2.05) is 48.5 Å². The largest absolute Gasteiger partial charge is 0.495 e. The molecule has 8 heteroatoms. The number of thiazole rings is 1. The van der Waals surface area contributed by atoms with Crippen molar-refractivity contribution in [1.82, 2.24) is 14.9 Å². The van der Waals surface area contributed by atoms with Crippen molar-refractivity contribution in [2.24, 2.45) is 0 Å². The van der Waals surface area contributed by atoms with E-state index in [1.165, 1.54) is 11.3 Å². The molecule has 0 aliphatic carbocycles. The third-order valence-electron chi connectivity index (χ3n) is 4.55. The predicted molar refractivity (Wildman–Crippen MR) is 118 cm³/mol. The number of anilines is 1. The maximum atomic E-state index is 12.2. The molecule has 0 fully saturated rings. The van der Waals surface area contributed by atoms with E-state index in [-0.39, 0.29) is 11.6 Å². The zero-order chi connectivity index (χ0) is 20.9. The van der Waals surface area contributed by atoms with Crippen molar-refractivity contribution in [1.29, 1.82) is 0 Å². The number of urea groups is 1. The van der Waals surface area contributed by atoms with Crippen molar-refractivity contribution in [3.63, 3.8) is 0 Å². The number of amides is 2. The van der Waals surface area contributed by atoms with Crippen molar-refractivity contribution in [3.05, 3.63) is 88.3 Å². The lowest BCUT2D eigenvalue weighted by atomic mass is 10.1. The van der Waals surface area contributed by atoms with Gasteiger partial charge in [0, 0.05) is 18.8 Å². The molecule has 0 radical (unpaired) electrons. The summed E-state index contributed by atoms with van der Waals surface area (Å²) >= 11 is 1.37. The van der Waals surface area contributed by atoms with Crippen molar-refractivity contribution in [2.75, 3.05) is 12.4 Å². The minimum Gasteiger partial charge on any atom is -0.495 e. The number of aromatic nitrogens is 2. The first-order valence-electron chi connectivity index (χ1n) is 9.34. The van der Waals surface area contributed by atoms with E-state index >= 15 is 0 Å². The summed E-state index contributed by atoms with van der Waals surface area (Å²) < 4.78 is 7.87. The fourth-order valence-electron chi connectivity index (χ4n) is 3.01. The minimum absolute atomic E-state index is 0.0348. The molecule has 7 nitrogen and oxygen atoms in total. The fourth-order valence-corrected chi connectivity index (χ4v) is 3.96. The molecule has 30 heavy (non-hydrogen) atoms. The van der Waals surface area contributed by atoms with Crippen LogP contribution in [0.25, 0.3) is 10.2 Å². The summed E-state index contributed by atoms with van der Waals surface area (Å²) in [7, 11) is 1.61. The van der Waals surface area contributed by atoms with Gasteiger partial charge in [-0.2, -0.15) is 0 Å². The molecule has 0 atom stereocenters. The van der Waals surface area contributed by atoms with Crippen LogP contribution in [-0.4, -0.2) is 22.7 Å². The highest BCUT2D eigenvalue weighted by Gasteiger charge is 2.10. The summed E-state index contributed by atoms with van der Waals surface area (Å²) in [6.45, 7) is 0.889. The molecule has 2 aromatic heterocycles. The summed E-state index contributed by atoms with van der Waals surface area (Å²) in [6, 6.07) is 18.2. The van der Waals surface area contributed by atoms with Crippen LogP contribution in [0.15, 0.2) is 71.7 Å². The van der Waals surface area contributed by atoms with Crippen LogP contribution >= 0.6 is 11.3 Å². The Morgan fingerprint density at radius 2 is 1.87 bits per heavy atom. The number of carbonyl (C=O) groups is 1. The van der Waals surface area contributed by atoms with Crippen LogP contribution in [0.4, 0.5) is 9.93 Å². The molecular formula is C22H20N4O3S. The number of ether oxygens (including phenoxy) is 1. The molecule has 4 rings (SSSR count). The summed E-state index contributed by atoms with van der Waals surface area (Å²) in [5, 5.41) is 6.11. The first-order chi connectivity index (χ1) is 14.6. The van der Waals surface area contributed by atoms with Gasteiger partial charge in [-0.3, -0.25) is 10.1 Å². The van der Waals surface area contributed by atoms with Crippen LogP contribution in [0.2, 0.25) is 0 Å². The molecule has 2 amide bonds. The van der Waals surface area contributed by atoms with Gasteiger partial charge >= 0.3 is 6.03 Å². The van der Waals surface area contributed by atoms with Crippen LogP contribution in [0.3, 0.4) is 0 Å². The maximum absolute atomic E-state index is 12.2. The molecule has 4 aromatic rings. The predicted octanol–water partition coefficient (Wildman–Crippen LogP) is 3.84. The smallest absolute Gasteiger partial charge is 0.321 e. The van der Waals surface area contributed by atoms with E-state index in [0.717, 1.165) is 27.1 Å². The van der Waals surface area contributed by atoms with Gasteiger partial charge in [-0.1, -0.05) is 47.7 Å². The molecule has 0 bridgehead atoms. The average molecular weight is 420 g/mol. The zero-order valence-electron chi connectivity index (χ0n) is 16.3. The van der Waals surface area contributed by atoms with Crippen molar-refractivity contribution in [2.45, 2.75) is 13.1 Å². The molecule has 2 N–H and O–H groups in total. The molecule has 0 aliphatic heterocycles. The van der Waals surface area contributed by atoms with Gasteiger partial charge in [0.05, 0.1) is 23.9 Å². The summed E-state index contributed by atoms with van der Waals surface area (Å²) in [6.07, 6.45) is 1.76. The van der Waals surface area contributed by atoms with Crippen LogP contribution in [-0.2, 0) is 13.1 Å². The highest BCUT2D eigenvalue weighted by atomic mass is 32.1. The van der Waals surface area contributed by atoms with Gasteiger partial charge in [0.1, 0.15) is 5.75 Å². The van der Waals surface area contributed by atoms with Gasteiger partial charge in [-0.25, -0.2) is 9.78 Å². The summed E-state index contributed by atoms with van der Waals surface area (Å²) in [4.78, 5) is 28.5. The SMILES string of the molecule is COc1cccc2nc(NC(=O)NCc3ccc(Cn4ccccc4=O)cc3)sc12. The lowest BCUT2D eigenvalue weighted by Crippen LogP contribution is -2.28. The monoisotopic (exact) mass is 420 g/mol. The van der Waals surface area contributed by atoms with Crippen LogP contribution in [0, 0.1) is 0 Å². The second-order valence-electron chi connectivity index (χ2n) is 6.62. The zero-order valence-corrected chi connectivity index (χ0v) is 17.1. The highest BCUT2D eigenvalue weighted by molar-refractivity contribution is 7.22. The van der Waals surface area contributed by atoms with Gasteiger partial charge in [0.2, 0.25) is 0 Å². The average Bonchev–Trinajstić information content (AvgIpc) is 3.17. The Balaban J connectivity index is 1.34. The number of nitrogens with zero attached hydrogens (tertiary/aromatic N) is 2. The number of benzene rings is 2. The van der Waals surface area contributed by atoms with E-state index < -0.39 is 0 Å². The molecule has 2 aromatic carbocycles. The molecule has 0 unspecified atom stereocenters. The number of nitrogens with one attached hydrogen (secondary N) is 2. The number of hydrogen-bond donors (Lipinski definition) is 2. The van der Waals surface area contributed by atoms with E-state index in [0.29, 0.717) is 18.2 Å². The number of rotatable bonds is 6. The Kier molecular flexibility index (Phi) is 5.76. The summed E-state index contributed by atoms with van der Waals surface area (Å²) in [5.74, 6) is 0.733. The van der Waals surface area contributed by atoms with Gasteiger partial charge in [0.25, 0.3) is 5.56 Å². The molecule has 0 aliphatic rings. The first kappa shape index (κ1) is 19.7. The van der Waals surface area contributed by atoms with E-state index in [9.17, 15) is 9.59 Å². The van der Waals surface area contributed by atoms with Gasteiger partial charge in [0.15, 0.2) is 5.13 Å². The Bertz CT molecular complexity index is 1230. The lowest BCUT2D eigenvalue weighted by molar-refractivity contribution is 0.251. The number of methoxy groups -OCH3 is 1. The summed E-state index contributed by atoms with van der Waals surface area (Å²) in [5.41, 5.74) is 2.72. The number of carbonyl (C=O) groups excluding carboxylic acids is 1. The normalized spacial score (nSPS) is 10.7. The highest BCUT2D eigenvalue weighted by Crippen LogP contribution is 2.33. The molecule has 152 valence electrons. The van der Waals surface area contributed by atoms with E-state index in [1.54, 1.807) is 30.0 Å². The Hall–Kier alpha value is -3.65. The minimum atomic E-state index is -0.326. The second-order valence-corrected chi connectivity index (χ2v) is 7.62. The number of hydrogen-bond acceptors (Lipinski definition) is 5. The van der Waals surface area contributed by atoms with Crippen molar-refractivity contribution in [3.8, 4) is 5.75 Å². The quantitative estimate of drug-likeness (QED) is 0.496.